The number of phenolic OH excluding ortho intramolecular Hbond substituents is 1. The zero-order valence-electron chi connectivity index (χ0n) is 19.2. The summed E-state index contributed by atoms with van der Waals surface area (Å²) >= 11 is 0. The molecule has 2 aliphatic heterocycles. The molecule has 0 bridgehead atoms. The summed E-state index contributed by atoms with van der Waals surface area (Å²) in [5, 5.41) is 10.1. The highest BCUT2D eigenvalue weighted by Crippen LogP contribution is 2.47. The van der Waals surface area contributed by atoms with Crippen molar-refractivity contribution in [2.75, 3.05) is 38.1 Å². The molecule has 2 heterocycles. The van der Waals surface area contributed by atoms with Gasteiger partial charge >= 0.3 is 0 Å². The van der Waals surface area contributed by atoms with E-state index in [1.165, 1.54) is 54.7 Å². The van der Waals surface area contributed by atoms with Gasteiger partial charge in [0, 0.05) is 30.6 Å². The summed E-state index contributed by atoms with van der Waals surface area (Å²) in [5.41, 5.74) is 5.42. The molecule has 2 aromatic rings. The minimum absolute atomic E-state index is 0.232. The molecule has 32 heavy (non-hydrogen) atoms. The number of aryl methyl sites for hydroxylation is 1. The molecule has 4 heteroatoms. The number of nitrogens with zero attached hydrogens (tertiary/aromatic N) is 2. The first-order chi connectivity index (χ1) is 15.6. The Balaban J connectivity index is 1.42. The Kier molecular flexibility index (Phi) is 6.23. The van der Waals surface area contributed by atoms with Crippen LogP contribution in [0.2, 0.25) is 0 Å². The van der Waals surface area contributed by atoms with Crippen LogP contribution < -0.4 is 4.90 Å². The molecular formula is C28H36N2O2. The number of carbonyl (C=O) groups excluding carboxylic acids is 1. The van der Waals surface area contributed by atoms with Crippen LogP contribution in [0.15, 0.2) is 42.5 Å². The quantitative estimate of drug-likeness (QED) is 0.702. The zero-order chi connectivity index (χ0) is 22.1. The van der Waals surface area contributed by atoms with Crippen LogP contribution in [-0.2, 0) is 11.2 Å². The Morgan fingerprint density at radius 1 is 0.906 bits per heavy atom. The lowest BCUT2D eigenvalue weighted by Crippen LogP contribution is -2.37. The van der Waals surface area contributed by atoms with Crippen molar-refractivity contribution in [3.8, 4) is 5.75 Å². The number of likely N-dealkylation sites (tertiary alicyclic amines) is 1. The Morgan fingerprint density at radius 3 is 2.31 bits per heavy atom. The molecule has 0 amide bonds. The molecule has 0 saturated carbocycles. The number of hydrogen-bond acceptors (Lipinski definition) is 4. The highest BCUT2D eigenvalue weighted by atomic mass is 16.3. The second-order valence-electron chi connectivity index (χ2n) is 10.3. The Bertz CT molecular complexity index is 925. The van der Waals surface area contributed by atoms with E-state index < -0.39 is 0 Å². The maximum atomic E-state index is 11.1. The molecule has 4 nitrogen and oxygen atoms in total. The first-order valence-electron chi connectivity index (χ1n) is 12.4. The first kappa shape index (κ1) is 21.5. The largest absolute Gasteiger partial charge is 0.508 e. The molecule has 1 unspecified atom stereocenters. The van der Waals surface area contributed by atoms with Crippen molar-refractivity contribution < 1.29 is 9.90 Å². The number of rotatable bonds is 4. The maximum absolute atomic E-state index is 11.1. The SMILES string of the molecule is CN1CCC([C@H]2CCc3cc(O)ccc3C2c2ccc(N3CCC(C=O)CC3)cc2)CC1. The summed E-state index contributed by atoms with van der Waals surface area (Å²) in [5.74, 6) is 2.45. The molecule has 0 aromatic heterocycles. The van der Waals surface area contributed by atoms with E-state index >= 15 is 0 Å². The van der Waals surface area contributed by atoms with Crippen LogP contribution in [0, 0.1) is 17.8 Å². The van der Waals surface area contributed by atoms with Crippen molar-refractivity contribution in [2.24, 2.45) is 17.8 Å². The second-order valence-corrected chi connectivity index (χ2v) is 10.3. The summed E-state index contributed by atoms with van der Waals surface area (Å²) in [6.07, 6.45) is 7.90. The van der Waals surface area contributed by atoms with Gasteiger partial charge in [0.05, 0.1) is 0 Å². The molecule has 1 N–H and O–H groups in total. The summed E-state index contributed by atoms with van der Waals surface area (Å²) in [6, 6.07) is 15.3. The summed E-state index contributed by atoms with van der Waals surface area (Å²) in [7, 11) is 2.24. The van der Waals surface area contributed by atoms with Crippen molar-refractivity contribution in [2.45, 2.75) is 44.4 Å². The van der Waals surface area contributed by atoms with Crippen molar-refractivity contribution in [1.82, 2.24) is 4.90 Å². The molecule has 3 aliphatic rings. The van der Waals surface area contributed by atoms with Crippen molar-refractivity contribution in [3.63, 3.8) is 0 Å². The van der Waals surface area contributed by atoms with Crippen LogP contribution in [-0.4, -0.2) is 49.5 Å². The number of fused-ring (bicyclic) bond motifs is 1. The lowest BCUT2D eigenvalue weighted by molar-refractivity contribution is -0.111. The molecule has 5 rings (SSSR count). The number of anilines is 1. The van der Waals surface area contributed by atoms with Gasteiger partial charge in [0.2, 0.25) is 0 Å². The van der Waals surface area contributed by atoms with Gasteiger partial charge < -0.3 is 19.7 Å². The highest BCUT2D eigenvalue weighted by molar-refractivity contribution is 5.56. The number of aromatic hydroxyl groups is 1. The van der Waals surface area contributed by atoms with E-state index in [2.05, 4.69) is 47.2 Å². The predicted octanol–water partition coefficient (Wildman–Crippen LogP) is 4.84. The maximum Gasteiger partial charge on any atom is 0.123 e. The second kappa shape index (κ2) is 9.27. The monoisotopic (exact) mass is 432 g/mol. The van der Waals surface area contributed by atoms with Crippen LogP contribution in [0.1, 0.15) is 54.7 Å². The summed E-state index contributed by atoms with van der Waals surface area (Å²) < 4.78 is 0. The molecule has 0 spiro atoms. The van der Waals surface area contributed by atoms with Crippen molar-refractivity contribution in [3.05, 3.63) is 59.2 Å². The summed E-state index contributed by atoms with van der Waals surface area (Å²) in [6.45, 7) is 4.33. The van der Waals surface area contributed by atoms with E-state index in [-0.39, 0.29) is 5.92 Å². The third-order valence-corrected chi connectivity index (χ3v) is 8.35. The van der Waals surface area contributed by atoms with Gasteiger partial charge in [-0.1, -0.05) is 18.2 Å². The molecule has 2 saturated heterocycles. The van der Waals surface area contributed by atoms with Crippen LogP contribution in [0.4, 0.5) is 5.69 Å². The first-order valence-corrected chi connectivity index (χ1v) is 12.4. The number of hydrogen-bond donors (Lipinski definition) is 1. The highest BCUT2D eigenvalue weighted by Gasteiger charge is 2.37. The lowest BCUT2D eigenvalue weighted by atomic mass is 9.65. The number of piperidine rings is 2. The molecule has 2 atom stereocenters. The fourth-order valence-electron chi connectivity index (χ4n) is 6.41. The van der Waals surface area contributed by atoms with E-state index in [0.717, 1.165) is 44.6 Å². The Morgan fingerprint density at radius 2 is 1.62 bits per heavy atom. The van der Waals surface area contributed by atoms with E-state index in [1.54, 1.807) is 0 Å². The van der Waals surface area contributed by atoms with Gasteiger partial charge in [0.25, 0.3) is 0 Å². The summed E-state index contributed by atoms with van der Waals surface area (Å²) in [4.78, 5) is 16.0. The normalized spacial score (nSPS) is 25.5. The fourth-order valence-corrected chi connectivity index (χ4v) is 6.41. The molecule has 0 radical (unpaired) electrons. The van der Waals surface area contributed by atoms with Gasteiger partial charge in [-0.15, -0.1) is 0 Å². The van der Waals surface area contributed by atoms with Crippen LogP contribution in [0.25, 0.3) is 0 Å². The molecule has 170 valence electrons. The van der Waals surface area contributed by atoms with E-state index in [4.69, 9.17) is 0 Å². The zero-order valence-corrected chi connectivity index (χ0v) is 19.2. The third-order valence-electron chi connectivity index (χ3n) is 8.35. The smallest absolute Gasteiger partial charge is 0.123 e. The van der Waals surface area contributed by atoms with Crippen LogP contribution in [0.5, 0.6) is 5.75 Å². The van der Waals surface area contributed by atoms with Crippen LogP contribution in [0.3, 0.4) is 0 Å². The molecule has 2 aromatic carbocycles. The minimum atomic E-state index is 0.232. The van der Waals surface area contributed by atoms with E-state index in [1.807, 2.05) is 12.1 Å². The standard InChI is InChI=1S/C28H36N2O2/c1-29-14-12-21(13-15-29)26-8-4-23-18-25(32)7-9-27(23)28(26)22-2-5-24(6-3-22)30-16-10-20(19-31)11-17-30/h2-3,5-7,9,18-21,26,28,32H,4,8,10-17H2,1H3/t26-,28?/m1/s1. The molecular weight excluding hydrogens is 396 g/mol. The van der Waals surface area contributed by atoms with E-state index in [0.29, 0.717) is 17.6 Å². The van der Waals surface area contributed by atoms with Gasteiger partial charge in [-0.05, 0) is 111 Å². The van der Waals surface area contributed by atoms with Crippen LogP contribution >= 0.6 is 0 Å². The van der Waals surface area contributed by atoms with Gasteiger partial charge in [-0.2, -0.15) is 0 Å². The third kappa shape index (κ3) is 4.30. The van der Waals surface area contributed by atoms with Gasteiger partial charge in [-0.3, -0.25) is 0 Å². The Labute approximate surface area is 192 Å². The van der Waals surface area contributed by atoms with Gasteiger partial charge in [0.15, 0.2) is 0 Å². The van der Waals surface area contributed by atoms with Gasteiger partial charge in [0.1, 0.15) is 12.0 Å². The average Bonchev–Trinajstić information content (AvgIpc) is 2.84. The predicted molar refractivity (Wildman–Crippen MR) is 129 cm³/mol. The molecule has 1 aliphatic carbocycles. The Hall–Kier alpha value is -2.33. The van der Waals surface area contributed by atoms with Crippen molar-refractivity contribution in [1.29, 1.82) is 0 Å². The number of benzene rings is 2. The van der Waals surface area contributed by atoms with Crippen molar-refractivity contribution >= 4 is 12.0 Å². The topological polar surface area (TPSA) is 43.8 Å². The van der Waals surface area contributed by atoms with E-state index in [9.17, 15) is 9.90 Å². The average molecular weight is 433 g/mol. The lowest BCUT2D eigenvalue weighted by Gasteiger charge is -2.42. The number of aldehydes is 1. The van der Waals surface area contributed by atoms with Gasteiger partial charge in [-0.25, -0.2) is 0 Å². The minimum Gasteiger partial charge on any atom is -0.508 e. The number of phenols is 1. The fraction of sp³-hybridized carbons (Fsp3) is 0.536. The number of carbonyl (C=O) groups is 1. The molecule has 2 fully saturated rings.